The van der Waals surface area contributed by atoms with E-state index in [2.05, 4.69) is 45.9 Å². The molecule has 0 aliphatic heterocycles. The summed E-state index contributed by atoms with van der Waals surface area (Å²) in [5, 5.41) is 0. The molecule has 0 aliphatic carbocycles. The molecule has 108 valence electrons. The van der Waals surface area contributed by atoms with Crippen LogP contribution < -0.4 is 10.5 Å². The van der Waals surface area contributed by atoms with Gasteiger partial charge in [0.2, 0.25) is 0 Å². The molecule has 2 N–H and O–H groups in total. The highest BCUT2D eigenvalue weighted by Gasteiger charge is 2.14. The SMILES string of the molecule is Cc1cc(C(C)(C)C)ccc1OCCCCCCN. The first-order valence-corrected chi connectivity index (χ1v) is 7.39. The van der Waals surface area contributed by atoms with Crippen LogP contribution in [0, 0.1) is 6.92 Å². The summed E-state index contributed by atoms with van der Waals surface area (Å²) in [4.78, 5) is 0. The molecule has 1 aromatic rings. The number of ether oxygens (including phenoxy) is 1. The molecule has 0 unspecified atom stereocenters. The molecule has 0 amide bonds. The molecule has 0 bridgehead atoms. The molecule has 0 aromatic heterocycles. The predicted molar refractivity (Wildman–Crippen MR) is 82.9 cm³/mol. The molecule has 19 heavy (non-hydrogen) atoms. The zero-order valence-corrected chi connectivity index (χ0v) is 13.0. The van der Waals surface area contributed by atoms with Gasteiger partial charge in [0.15, 0.2) is 0 Å². The summed E-state index contributed by atoms with van der Waals surface area (Å²) < 4.78 is 5.85. The molecule has 0 heterocycles. The maximum Gasteiger partial charge on any atom is 0.122 e. The number of hydrogen-bond donors (Lipinski definition) is 1. The van der Waals surface area contributed by atoms with E-state index < -0.39 is 0 Å². The van der Waals surface area contributed by atoms with E-state index in [4.69, 9.17) is 10.5 Å². The van der Waals surface area contributed by atoms with Crippen LogP contribution in [0.2, 0.25) is 0 Å². The van der Waals surface area contributed by atoms with Crippen LogP contribution in [-0.2, 0) is 5.41 Å². The average molecular weight is 263 g/mol. The summed E-state index contributed by atoms with van der Waals surface area (Å²) in [5.74, 6) is 1.02. The maximum atomic E-state index is 5.85. The smallest absolute Gasteiger partial charge is 0.122 e. The van der Waals surface area contributed by atoms with E-state index in [1.54, 1.807) is 0 Å². The standard InChI is InChI=1S/C17H29NO/c1-14-13-15(17(2,3)4)9-10-16(14)19-12-8-6-5-7-11-18/h9-10,13H,5-8,11-12,18H2,1-4H3. The Bertz CT molecular complexity index is 379. The van der Waals surface area contributed by atoms with E-state index >= 15 is 0 Å². The molecule has 0 saturated carbocycles. The van der Waals surface area contributed by atoms with Gasteiger partial charge >= 0.3 is 0 Å². The second kappa shape index (κ2) is 7.54. The fourth-order valence-corrected chi connectivity index (χ4v) is 2.06. The van der Waals surface area contributed by atoms with Gasteiger partial charge in [0.25, 0.3) is 0 Å². The Kier molecular flexibility index (Phi) is 6.36. The van der Waals surface area contributed by atoms with E-state index in [9.17, 15) is 0 Å². The van der Waals surface area contributed by atoms with Crippen molar-refractivity contribution < 1.29 is 4.74 Å². The predicted octanol–water partition coefficient (Wildman–Crippen LogP) is 4.19. The molecular formula is C17H29NO. The van der Waals surface area contributed by atoms with Crippen molar-refractivity contribution in [1.82, 2.24) is 0 Å². The third-order valence-electron chi connectivity index (χ3n) is 3.40. The van der Waals surface area contributed by atoms with Crippen LogP contribution >= 0.6 is 0 Å². The van der Waals surface area contributed by atoms with Crippen LogP contribution in [0.25, 0.3) is 0 Å². The van der Waals surface area contributed by atoms with Crippen molar-refractivity contribution in [3.8, 4) is 5.75 Å². The number of hydrogen-bond acceptors (Lipinski definition) is 2. The van der Waals surface area contributed by atoms with Gasteiger partial charge < -0.3 is 10.5 Å². The van der Waals surface area contributed by atoms with Crippen molar-refractivity contribution in [3.05, 3.63) is 29.3 Å². The largest absolute Gasteiger partial charge is 0.493 e. The van der Waals surface area contributed by atoms with E-state index in [0.717, 1.165) is 31.7 Å². The van der Waals surface area contributed by atoms with Crippen LogP contribution in [0.15, 0.2) is 18.2 Å². The highest BCUT2D eigenvalue weighted by Crippen LogP contribution is 2.27. The fourth-order valence-electron chi connectivity index (χ4n) is 2.06. The normalized spacial score (nSPS) is 11.6. The molecule has 0 radical (unpaired) electrons. The lowest BCUT2D eigenvalue weighted by atomic mass is 9.86. The van der Waals surface area contributed by atoms with Crippen molar-refractivity contribution in [1.29, 1.82) is 0 Å². The molecule has 0 atom stereocenters. The Hall–Kier alpha value is -1.02. The third kappa shape index (κ3) is 5.65. The van der Waals surface area contributed by atoms with Crippen molar-refractivity contribution in [2.45, 2.75) is 58.8 Å². The Labute approximate surface area is 118 Å². The van der Waals surface area contributed by atoms with Crippen molar-refractivity contribution in [2.75, 3.05) is 13.2 Å². The van der Waals surface area contributed by atoms with E-state index in [1.165, 1.54) is 24.0 Å². The molecular weight excluding hydrogens is 234 g/mol. The van der Waals surface area contributed by atoms with Gasteiger partial charge in [-0.2, -0.15) is 0 Å². The minimum Gasteiger partial charge on any atom is -0.493 e. The molecule has 0 spiro atoms. The average Bonchev–Trinajstić information content (AvgIpc) is 2.34. The number of unbranched alkanes of at least 4 members (excludes halogenated alkanes) is 3. The van der Waals surface area contributed by atoms with Crippen LogP contribution in [0.3, 0.4) is 0 Å². The van der Waals surface area contributed by atoms with E-state index in [-0.39, 0.29) is 5.41 Å². The van der Waals surface area contributed by atoms with Gasteiger partial charge in [-0.3, -0.25) is 0 Å². The van der Waals surface area contributed by atoms with Gasteiger partial charge in [-0.25, -0.2) is 0 Å². The molecule has 0 fully saturated rings. The first-order chi connectivity index (χ1) is 8.95. The molecule has 2 heteroatoms. The Morgan fingerprint density at radius 3 is 2.32 bits per heavy atom. The van der Waals surface area contributed by atoms with Gasteiger partial charge in [-0.1, -0.05) is 45.7 Å². The molecule has 1 rings (SSSR count). The van der Waals surface area contributed by atoms with Gasteiger partial charge in [0.05, 0.1) is 6.61 Å². The Balaban J connectivity index is 2.43. The zero-order chi connectivity index (χ0) is 14.3. The summed E-state index contributed by atoms with van der Waals surface area (Å²) in [6.07, 6.45) is 4.65. The van der Waals surface area contributed by atoms with Gasteiger partial charge in [-0.15, -0.1) is 0 Å². The second-order valence-electron chi connectivity index (χ2n) is 6.28. The summed E-state index contributed by atoms with van der Waals surface area (Å²) in [5.41, 5.74) is 8.26. The minimum atomic E-state index is 0.200. The first kappa shape index (κ1) is 16.0. The summed E-state index contributed by atoms with van der Waals surface area (Å²) in [6.45, 7) is 10.4. The number of aryl methyl sites for hydroxylation is 1. The Morgan fingerprint density at radius 2 is 1.74 bits per heavy atom. The topological polar surface area (TPSA) is 35.2 Å². The quantitative estimate of drug-likeness (QED) is 0.749. The monoisotopic (exact) mass is 263 g/mol. The minimum absolute atomic E-state index is 0.200. The van der Waals surface area contributed by atoms with Crippen molar-refractivity contribution >= 4 is 0 Å². The third-order valence-corrected chi connectivity index (χ3v) is 3.40. The number of rotatable bonds is 7. The van der Waals surface area contributed by atoms with Gasteiger partial charge in [0, 0.05) is 0 Å². The first-order valence-electron chi connectivity index (χ1n) is 7.39. The number of benzene rings is 1. The fraction of sp³-hybridized carbons (Fsp3) is 0.647. The lowest BCUT2D eigenvalue weighted by Crippen LogP contribution is -2.11. The summed E-state index contributed by atoms with van der Waals surface area (Å²) >= 11 is 0. The highest BCUT2D eigenvalue weighted by atomic mass is 16.5. The van der Waals surface area contributed by atoms with Crippen molar-refractivity contribution in [3.63, 3.8) is 0 Å². The Morgan fingerprint density at radius 1 is 1.05 bits per heavy atom. The van der Waals surface area contributed by atoms with Crippen LogP contribution in [0.1, 0.15) is 57.6 Å². The highest BCUT2D eigenvalue weighted by molar-refractivity contribution is 5.38. The lowest BCUT2D eigenvalue weighted by molar-refractivity contribution is 0.302. The van der Waals surface area contributed by atoms with Crippen LogP contribution in [-0.4, -0.2) is 13.2 Å². The van der Waals surface area contributed by atoms with Gasteiger partial charge in [0.1, 0.15) is 5.75 Å². The molecule has 0 aliphatic rings. The molecule has 0 saturated heterocycles. The summed E-state index contributed by atoms with van der Waals surface area (Å²) in [7, 11) is 0. The molecule has 2 nitrogen and oxygen atoms in total. The van der Waals surface area contributed by atoms with Gasteiger partial charge in [-0.05, 0) is 48.9 Å². The van der Waals surface area contributed by atoms with E-state index in [1.807, 2.05) is 0 Å². The van der Waals surface area contributed by atoms with Crippen LogP contribution in [0.4, 0.5) is 0 Å². The second-order valence-corrected chi connectivity index (χ2v) is 6.28. The number of nitrogens with two attached hydrogens (primary N) is 1. The van der Waals surface area contributed by atoms with Crippen LogP contribution in [0.5, 0.6) is 5.75 Å². The van der Waals surface area contributed by atoms with Crippen molar-refractivity contribution in [2.24, 2.45) is 5.73 Å². The maximum absolute atomic E-state index is 5.85. The summed E-state index contributed by atoms with van der Waals surface area (Å²) in [6, 6.07) is 6.52. The molecule has 1 aromatic carbocycles. The lowest BCUT2D eigenvalue weighted by Gasteiger charge is -2.20. The van der Waals surface area contributed by atoms with E-state index in [0.29, 0.717) is 0 Å². The zero-order valence-electron chi connectivity index (χ0n) is 13.0.